The molecule has 0 aromatic heterocycles. The summed E-state index contributed by atoms with van der Waals surface area (Å²) in [6.07, 6.45) is 6.60. The van der Waals surface area contributed by atoms with Gasteiger partial charge in [-0.1, -0.05) is 70.5 Å². The molecule has 8 heteroatoms. The van der Waals surface area contributed by atoms with Crippen LogP contribution in [0.3, 0.4) is 0 Å². The summed E-state index contributed by atoms with van der Waals surface area (Å²) in [4.78, 5) is 27.1. The zero-order chi connectivity index (χ0) is 22.1. The topological polar surface area (TPSA) is 104 Å². The molecule has 158 valence electrons. The van der Waals surface area contributed by atoms with Crippen LogP contribution in [0.25, 0.3) is 0 Å². The summed E-state index contributed by atoms with van der Waals surface area (Å²) in [6.45, 7) is 0. The van der Waals surface area contributed by atoms with Crippen molar-refractivity contribution in [3.63, 3.8) is 0 Å². The summed E-state index contributed by atoms with van der Waals surface area (Å²) < 4.78 is 25.4. The van der Waals surface area contributed by atoms with Crippen molar-refractivity contribution in [2.75, 3.05) is 7.05 Å². The highest BCUT2D eigenvalue weighted by Crippen LogP contribution is 2.23. The van der Waals surface area contributed by atoms with Gasteiger partial charge in [0.1, 0.15) is 0 Å². The number of hydrogen-bond donors (Lipinski definition) is 1. The van der Waals surface area contributed by atoms with Crippen LogP contribution in [0.1, 0.15) is 33.6 Å². The monoisotopic (exact) mass is 585 g/mol. The molecule has 2 aromatic carbocycles. The van der Waals surface area contributed by atoms with E-state index in [4.69, 9.17) is 10.3 Å². The lowest BCUT2D eigenvalue weighted by atomic mass is 9.98. The SMILES string of the molecule is CN1C(CC(=O)c2ccccc2)=CC=CC1CC(=O)c1ccc(Br)cc1.[O-][I+2]([O-])O. The third kappa shape index (κ3) is 7.77. The Kier molecular flexibility index (Phi) is 9.86. The van der Waals surface area contributed by atoms with Gasteiger partial charge in [0.2, 0.25) is 0 Å². The van der Waals surface area contributed by atoms with Gasteiger partial charge >= 0.3 is 21.1 Å². The summed E-state index contributed by atoms with van der Waals surface area (Å²) in [7, 11) is 1.94. The standard InChI is InChI=1S/C22H20BrNO2.HIO3/c1-24-19(14-21(25)16-6-3-2-4-7-16)8-5-9-20(24)15-22(26)17-10-12-18(23)13-11-17;2-1(3)4/h2-13,20H,14-15H2,1H3;2H. The van der Waals surface area contributed by atoms with Crippen molar-refractivity contribution in [1.29, 1.82) is 0 Å². The first kappa shape index (κ1) is 24.4. The maximum absolute atomic E-state index is 12.6. The summed E-state index contributed by atoms with van der Waals surface area (Å²) >= 11 is -0.381. The Hall–Kier alpha value is -1.85. The first-order valence-corrected chi connectivity index (χ1v) is 12.5. The molecule has 0 radical (unpaired) electrons. The molecular formula is C22H21BrINO5. The van der Waals surface area contributed by atoms with Crippen molar-refractivity contribution in [1.82, 2.24) is 4.90 Å². The average molecular weight is 586 g/mol. The normalized spacial score (nSPS) is 15.3. The Morgan fingerprint density at radius 3 is 2.20 bits per heavy atom. The number of rotatable bonds is 6. The largest absolute Gasteiger partial charge is 0.503 e. The van der Waals surface area contributed by atoms with Crippen LogP contribution in [0, 0.1) is 0 Å². The van der Waals surface area contributed by atoms with Crippen molar-refractivity contribution in [3.8, 4) is 0 Å². The first-order valence-electron chi connectivity index (χ1n) is 8.99. The number of nitrogens with zero attached hydrogens (tertiary/aromatic N) is 1. The minimum Gasteiger partial charge on any atom is -0.396 e. The van der Waals surface area contributed by atoms with Crippen molar-refractivity contribution in [2.45, 2.75) is 18.9 Å². The molecule has 0 bridgehead atoms. The zero-order valence-electron chi connectivity index (χ0n) is 16.2. The van der Waals surface area contributed by atoms with E-state index in [9.17, 15) is 9.59 Å². The number of carbonyl (C=O) groups is 2. The maximum atomic E-state index is 12.6. The van der Waals surface area contributed by atoms with E-state index in [0.717, 1.165) is 10.2 Å². The fourth-order valence-corrected chi connectivity index (χ4v) is 3.24. The van der Waals surface area contributed by atoms with Crippen molar-refractivity contribution >= 4 is 27.5 Å². The van der Waals surface area contributed by atoms with Crippen LogP contribution >= 0.6 is 15.9 Å². The molecule has 1 aliphatic rings. The summed E-state index contributed by atoms with van der Waals surface area (Å²) in [5, 5.41) is 0. The molecule has 1 N–H and O–H groups in total. The van der Waals surface area contributed by atoms with E-state index in [-0.39, 0.29) is 17.6 Å². The fraction of sp³-hybridized carbons (Fsp3) is 0.182. The smallest absolute Gasteiger partial charge is 0.396 e. The predicted octanol–water partition coefficient (Wildman–Crippen LogP) is -0.882. The molecule has 3 rings (SSSR count). The van der Waals surface area contributed by atoms with E-state index in [1.165, 1.54) is 0 Å². The number of likely N-dealkylation sites (N-methyl/N-ethyl adjacent to an activating group) is 1. The van der Waals surface area contributed by atoms with E-state index in [2.05, 4.69) is 15.9 Å². The Morgan fingerprint density at radius 1 is 1.03 bits per heavy atom. The number of ketones is 2. The van der Waals surface area contributed by atoms with Gasteiger partial charge in [-0.2, -0.15) is 0 Å². The highest BCUT2D eigenvalue weighted by atomic mass is 127. The third-order valence-electron chi connectivity index (χ3n) is 4.57. The van der Waals surface area contributed by atoms with E-state index in [1.54, 1.807) is 0 Å². The van der Waals surface area contributed by atoms with Gasteiger partial charge in [0, 0.05) is 34.8 Å². The van der Waals surface area contributed by atoms with E-state index < -0.39 is 21.1 Å². The van der Waals surface area contributed by atoms with Crippen molar-refractivity contribution in [2.24, 2.45) is 0 Å². The zero-order valence-corrected chi connectivity index (χ0v) is 19.9. The van der Waals surface area contributed by atoms with Gasteiger partial charge < -0.3 is 11.8 Å². The Bertz CT molecular complexity index is 910. The molecule has 0 fully saturated rings. The van der Waals surface area contributed by atoms with E-state index in [0.29, 0.717) is 24.0 Å². The molecule has 30 heavy (non-hydrogen) atoms. The minimum absolute atomic E-state index is 0.0466. The van der Waals surface area contributed by atoms with E-state index >= 15 is 0 Å². The van der Waals surface area contributed by atoms with Crippen LogP contribution in [-0.4, -0.2) is 33.0 Å². The fourth-order valence-electron chi connectivity index (χ4n) is 2.98. The lowest BCUT2D eigenvalue weighted by Crippen LogP contribution is -3.98. The number of Topliss-reactive ketones (excluding diaryl/α,β-unsaturated/α-hetero) is 2. The quantitative estimate of drug-likeness (QED) is 0.349. The molecule has 6 nitrogen and oxygen atoms in total. The lowest BCUT2D eigenvalue weighted by molar-refractivity contribution is -1.63. The Morgan fingerprint density at radius 2 is 1.60 bits per heavy atom. The Balaban J connectivity index is 0.000000735. The molecule has 0 saturated heterocycles. The van der Waals surface area contributed by atoms with Gasteiger partial charge in [-0.15, -0.1) is 0 Å². The highest BCUT2D eigenvalue weighted by molar-refractivity contribution is 9.10. The van der Waals surface area contributed by atoms with Gasteiger partial charge in [0.05, 0.1) is 12.5 Å². The van der Waals surface area contributed by atoms with Crippen LogP contribution in [0.4, 0.5) is 0 Å². The Labute approximate surface area is 192 Å². The second-order valence-corrected chi connectivity index (χ2v) is 8.59. The molecule has 2 aromatic rings. The number of halogens is 2. The lowest BCUT2D eigenvalue weighted by Gasteiger charge is -2.32. The highest BCUT2D eigenvalue weighted by Gasteiger charge is 2.22. The predicted molar refractivity (Wildman–Crippen MR) is 109 cm³/mol. The van der Waals surface area contributed by atoms with Gasteiger partial charge in [0.25, 0.3) is 0 Å². The number of benzene rings is 2. The molecule has 0 aliphatic carbocycles. The minimum atomic E-state index is -3.76. The molecule has 1 heterocycles. The van der Waals surface area contributed by atoms with Gasteiger partial charge in [0.15, 0.2) is 11.6 Å². The maximum Gasteiger partial charge on any atom is 0.503 e. The first-order chi connectivity index (χ1) is 14.3. The molecule has 1 aliphatic heterocycles. The molecule has 0 spiro atoms. The number of carbonyl (C=O) groups excluding carboxylic acids is 2. The summed E-state index contributed by atoms with van der Waals surface area (Å²) in [6, 6.07) is 16.6. The third-order valence-corrected chi connectivity index (χ3v) is 5.10. The number of allylic oxidation sites excluding steroid dienone is 3. The summed E-state index contributed by atoms with van der Waals surface area (Å²) in [5.41, 5.74) is 2.33. The van der Waals surface area contributed by atoms with Gasteiger partial charge in [-0.25, -0.2) is 0 Å². The van der Waals surface area contributed by atoms with Crippen LogP contribution in [0.2, 0.25) is 0 Å². The average Bonchev–Trinajstić information content (AvgIpc) is 2.71. The van der Waals surface area contributed by atoms with Crippen LogP contribution in [0.5, 0.6) is 0 Å². The molecule has 0 amide bonds. The van der Waals surface area contributed by atoms with Crippen LogP contribution in [0.15, 0.2) is 83.0 Å². The molecular weight excluding hydrogens is 565 g/mol. The number of hydrogen-bond acceptors (Lipinski definition) is 6. The van der Waals surface area contributed by atoms with Gasteiger partial charge in [-0.3, -0.25) is 9.59 Å². The molecule has 0 saturated carbocycles. The molecule has 1 unspecified atom stereocenters. The van der Waals surface area contributed by atoms with Crippen LogP contribution < -0.4 is 27.9 Å². The van der Waals surface area contributed by atoms with Gasteiger partial charge in [-0.05, 0) is 21.6 Å². The molecule has 1 atom stereocenters. The van der Waals surface area contributed by atoms with Crippen molar-refractivity contribution < 1.29 is 41.0 Å². The van der Waals surface area contributed by atoms with Crippen molar-refractivity contribution in [3.05, 3.63) is 94.1 Å². The second kappa shape index (κ2) is 12.1. The second-order valence-electron chi connectivity index (χ2n) is 6.52. The summed E-state index contributed by atoms with van der Waals surface area (Å²) in [5.74, 6) is 0.173. The van der Waals surface area contributed by atoms with E-state index in [1.807, 2.05) is 84.8 Å². The van der Waals surface area contributed by atoms with Crippen LogP contribution in [-0.2, 0) is 0 Å².